The Balaban J connectivity index is 2.22. The van der Waals surface area contributed by atoms with E-state index in [0.717, 1.165) is 32.5 Å². The summed E-state index contributed by atoms with van der Waals surface area (Å²) in [5.41, 5.74) is 8.63. The van der Waals surface area contributed by atoms with Crippen LogP contribution in [-0.4, -0.2) is 19.6 Å². The predicted octanol–water partition coefficient (Wildman–Crippen LogP) is 2.50. The SMILES string of the molecule is Cc1ccc(CCNCC(C)(C)CCN)cc1. The molecule has 0 fully saturated rings. The Morgan fingerprint density at radius 3 is 2.41 bits per heavy atom. The van der Waals surface area contributed by atoms with Crippen LogP contribution in [0.15, 0.2) is 24.3 Å². The molecule has 0 heterocycles. The van der Waals surface area contributed by atoms with E-state index in [1.807, 2.05) is 0 Å². The minimum atomic E-state index is 0.308. The molecule has 0 aromatic heterocycles. The third-order valence-electron chi connectivity index (χ3n) is 3.14. The van der Waals surface area contributed by atoms with Gasteiger partial charge in [-0.3, -0.25) is 0 Å². The number of hydrogen-bond acceptors (Lipinski definition) is 2. The minimum Gasteiger partial charge on any atom is -0.330 e. The highest BCUT2D eigenvalue weighted by Gasteiger charge is 2.15. The first-order valence-corrected chi connectivity index (χ1v) is 6.50. The Labute approximate surface area is 106 Å². The Kier molecular flexibility index (Phi) is 5.66. The molecule has 0 bridgehead atoms. The summed E-state index contributed by atoms with van der Waals surface area (Å²) in [4.78, 5) is 0. The van der Waals surface area contributed by atoms with Crippen molar-refractivity contribution < 1.29 is 0 Å². The average Bonchev–Trinajstić information content (AvgIpc) is 2.27. The van der Waals surface area contributed by atoms with Crippen LogP contribution in [0, 0.1) is 12.3 Å². The predicted molar refractivity (Wildman–Crippen MR) is 75.2 cm³/mol. The van der Waals surface area contributed by atoms with Crippen LogP contribution in [0.2, 0.25) is 0 Å². The van der Waals surface area contributed by atoms with Gasteiger partial charge < -0.3 is 11.1 Å². The second-order valence-electron chi connectivity index (χ2n) is 5.62. The molecule has 2 nitrogen and oxygen atoms in total. The van der Waals surface area contributed by atoms with Gasteiger partial charge in [0.05, 0.1) is 0 Å². The molecule has 0 aliphatic rings. The van der Waals surface area contributed by atoms with E-state index >= 15 is 0 Å². The van der Waals surface area contributed by atoms with Gasteiger partial charge >= 0.3 is 0 Å². The largest absolute Gasteiger partial charge is 0.330 e. The van der Waals surface area contributed by atoms with Gasteiger partial charge in [-0.05, 0) is 43.8 Å². The average molecular weight is 234 g/mol. The van der Waals surface area contributed by atoms with Crippen molar-refractivity contribution in [1.29, 1.82) is 0 Å². The lowest BCUT2D eigenvalue weighted by Gasteiger charge is -2.24. The number of nitrogens with one attached hydrogen (secondary N) is 1. The maximum absolute atomic E-state index is 5.60. The molecule has 0 radical (unpaired) electrons. The van der Waals surface area contributed by atoms with Crippen LogP contribution in [0.1, 0.15) is 31.4 Å². The van der Waals surface area contributed by atoms with Gasteiger partial charge in [0.2, 0.25) is 0 Å². The first kappa shape index (κ1) is 14.2. The topological polar surface area (TPSA) is 38.0 Å². The van der Waals surface area contributed by atoms with Crippen LogP contribution >= 0.6 is 0 Å². The molecule has 2 heteroatoms. The lowest BCUT2D eigenvalue weighted by atomic mass is 9.89. The monoisotopic (exact) mass is 234 g/mol. The second kappa shape index (κ2) is 6.77. The van der Waals surface area contributed by atoms with Crippen molar-refractivity contribution in [1.82, 2.24) is 5.32 Å². The highest BCUT2D eigenvalue weighted by atomic mass is 14.9. The van der Waals surface area contributed by atoms with E-state index in [1.165, 1.54) is 11.1 Å². The molecule has 1 aromatic rings. The van der Waals surface area contributed by atoms with Crippen molar-refractivity contribution in [2.45, 2.75) is 33.6 Å². The summed E-state index contributed by atoms with van der Waals surface area (Å²) < 4.78 is 0. The summed E-state index contributed by atoms with van der Waals surface area (Å²) in [6.45, 7) is 9.49. The van der Waals surface area contributed by atoms with Gasteiger partial charge in [-0.2, -0.15) is 0 Å². The van der Waals surface area contributed by atoms with Crippen molar-refractivity contribution in [2.24, 2.45) is 11.1 Å². The summed E-state index contributed by atoms with van der Waals surface area (Å²) in [7, 11) is 0. The molecule has 17 heavy (non-hydrogen) atoms. The van der Waals surface area contributed by atoms with E-state index in [1.54, 1.807) is 0 Å². The Morgan fingerprint density at radius 2 is 1.82 bits per heavy atom. The molecule has 96 valence electrons. The van der Waals surface area contributed by atoms with E-state index in [4.69, 9.17) is 5.73 Å². The van der Waals surface area contributed by atoms with Gasteiger partial charge in [0.15, 0.2) is 0 Å². The zero-order chi connectivity index (χ0) is 12.7. The molecule has 0 spiro atoms. The summed E-state index contributed by atoms with van der Waals surface area (Å²) >= 11 is 0. The summed E-state index contributed by atoms with van der Waals surface area (Å²) in [5.74, 6) is 0. The zero-order valence-electron chi connectivity index (χ0n) is 11.4. The van der Waals surface area contributed by atoms with E-state index < -0.39 is 0 Å². The number of hydrogen-bond donors (Lipinski definition) is 2. The zero-order valence-corrected chi connectivity index (χ0v) is 11.4. The Morgan fingerprint density at radius 1 is 1.18 bits per heavy atom. The van der Waals surface area contributed by atoms with Crippen LogP contribution in [-0.2, 0) is 6.42 Å². The molecule has 0 saturated heterocycles. The summed E-state index contributed by atoms with van der Waals surface area (Å²) in [6, 6.07) is 8.77. The molecule has 0 saturated carbocycles. The van der Waals surface area contributed by atoms with E-state index in [-0.39, 0.29) is 0 Å². The van der Waals surface area contributed by atoms with Crippen molar-refractivity contribution in [3.05, 3.63) is 35.4 Å². The Bertz CT molecular complexity index is 314. The Hall–Kier alpha value is -0.860. The van der Waals surface area contributed by atoms with Gasteiger partial charge in [-0.25, -0.2) is 0 Å². The molecule has 0 aliphatic heterocycles. The third-order valence-corrected chi connectivity index (χ3v) is 3.14. The molecule has 1 aromatic carbocycles. The normalized spacial score (nSPS) is 11.8. The highest BCUT2D eigenvalue weighted by Crippen LogP contribution is 2.17. The van der Waals surface area contributed by atoms with Crippen LogP contribution in [0.25, 0.3) is 0 Å². The lowest BCUT2D eigenvalue weighted by Crippen LogP contribution is -2.32. The van der Waals surface area contributed by atoms with Crippen molar-refractivity contribution in [3.8, 4) is 0 Å². The molecule has 1 rings (SSSR count). The van der Waals surface area contributed by atoms with E-state index in [0.29, 0.717) is 5.41 Å². The number of benzene rings is 1. The van der Waals surface area contributed by atoms with Gasteiger partial charge in [0.1, 0.15) is 0 Å². The van der Waals surface area contributed by atoms with Crippen LogP contribution in [0.5, 0.6) is 0 Å². The molecule has 0 amide bonds. The highest BCUT2D eigenvalue weighted by molar-refractivity contribution is 5.21. The molecule has 0 atom stereocenters. The molecule has 0 unspecified atom stereocenters. The van der Waals surface area contributed by atoms with Gasteiger partial charge in [0.25, 0.3) is 0 Å². The molecular weight excluding hydrogens is 208 g/mol. The van der Waals surface area contributed by atoms with Gasteiger partial charge in [0, 0.05) is 6.54 Å². The van der Waals surface area contributed by atoms with Crippen LogP contribution < -0.4 is 11.1 Å². The first-order valence-electron chi connectivity index (χ1n) is 6.50. The molecule has 0 aliphatic carbocycles. The van der Waals surface area contributed by atoms with Crippen molar-refractivity contribution in [3.63, 3.8) is 0 Å². The quantitative estimate of drug-likeness (QED) is 0.711. The van der Waals surface area contributed by atoms with E-state index in [9.17, 15) is 0 Å². The first-order chi connectivity index (χ1) is 8.03. The van der Waals surface area contributed by atoms with Gasteiger partial charge in [-0.1, -0.05) is 43.7 Å². The number of nitrogens with two attached hydrogens (primary N) is 1. The number of rotatable bonds is 7. The standard InChI is InChI=1S/C15H26N2/c1-13-4-6-14(7-5-13)8-11-17-12-15(2,3)9-10-16/h4-7,17H,8-12,16H2,1-3H3. The fourth-order valence-corrected chi connectivity index (χ4v) is 1.89. The van der Waals surface area contributed by atoms with Crippen molar-refractivity contribution >= 4 is 0 Å². The second-order valence-corrected chi connectivity index (χ2v) is 5.62. The van der Waals surface area contributed by atoms with E-state index in [2.05, 4.69) is 50.4 Å². The maximum atomic E-state index is 5.60. The molecule has 3 N–H and O–H groups in total. The summed E-state index contributed by atoms with van der Waals surface area (Å²) in [5, 5.41) is 3.52. The minimum absolute atomic E-state index is 0.308. The number of aryl methyl sites for hydroxylation is 1. The van der Waals surface area contributed by atoms with Crippen molar-refractivity contribution in [2.75, 3.05) is 19.6 Å². The van der Waals surface area contributed by atoms with Gasteiger partial charge in [-0.15, -0.1) is 0 Å². The fourth-order valence-electron chi connectivity index (χ4n) is 1.89. The molecular formula is C15H26N2. The maximum Gasteiger partial charge on any atom is 0.000312 e. The lowest BCUT2D eigenvalue weighted by molar-refractivity contribution is 0.321. The third kappa shape index (κ3) is 5.85. The summed E-state index contributed by atoms with van der Waals surface area (Å²) in [6.07, 6.45) is 2.17. The van der Waals surface area contributed by atoms with Crippen LogP contribution in [0.4, 0.5) is 0 Å². The fraction of sp³-hybridized carbons (Fsp3) is 0.600. The van der Waals surface area contributed by atoms with Crippen LogP contribution in [0.3, 0.4) is 0 Å². The smallest absolute Gasteiger partial charge is 0.000312 e.